The summed E-state index contributed by atoms with van der Waals surface area (Å²) < 4.78 is 2.28. The van der Waals surface area contributed by atoms with Gasteiger partial charge in [0.25, 0.3) is 0 Å². The molecule has 1 saturated carbocycles. The van der Waals surface area contributed by atoms with E-state index in [0.29, 0.717) is 18.0 Å². The van der Waals surface area contributed by atoms with Crippen molar-refractivity contribution in [3.8, 4) is 0 Å². The highest BCUT2D eigenvalue weighted by molar-refractivity contribution is 5.85. The van der Waals surface area contributed by atoms with Crippen molar-refractivity contribution in [3.05, 3.63) is 66.7 Å². The molecule has 4 heterocycles. The summed E-state index contributed by atoms with van der Waals surface area (Å²) in [5, 5.41) is 7.12. The summed E-state index contributed by atoms with van der Waals surface area (Å²) >= 11 is 0. The maximum atomic E-state index is 4.93. The fourth-order valence-corrected chi connectivity index (χ4v) is 5.53. The highest BCUT2D eigenvalue weighted by atomic mass is 15.2. The van der Waals surface area contributed by atoms with Crippen LogP contribution in [0.25, 0.3) is 11.2 Å². The number of rotatable bonds is 7. The zero-order valence-corrected chi connectivity index (χ0v) is 20.7. The van der Waals surface area contributed by atoms with Crippen molar-refractivity contribution in [1.29, 1.82) is 0 Å². The van der Waals surface area contributed by atoms with E-state index in [2.05, 4.69) is 55.4 Å². The van der Waals surface area contributed by atoms with Crippen LogP contribution >= 0.6 is 0 Å². The topological polar surface area (TPSA) is 83.8 Å². The van der Waals surface area contributed by atoms with Crippen molar-refractivity contribution in [2.45, 2.75) is 63.6 Å². The Bertz CT molecular complexity index is 1260. The summed E-state index contributed by atoms with van der Waals surface area (Å²) in [7, 11) is 0. The van der Waals surface area contributed by atoms with Crippen LogP contribution in [0.3, 0.4) is 0 Å². The second-order valence-corrected chi connectivity index (χ2v) is 10.1. The van der Waals surface area contributed by atoms with Crippen LogP contribution < -0.4 is 10.6 Å². The van der Waals surface area contributed by atoms with Crippen LogP contribution in [0.1, 0.15) is 56.6 Å². The van der Waals surface area contributed by atoms with Gasteiger partial charge in [-0.25, -0.2) is 4.98 Å². The van der Waals surface area contributed by atoms with Gasteiger partial charge in [0.2, 0.25) is 5.95 Å². The molecule has 4 aromatic rings. The van der Waals surface area contributed by atoms with E-state index in [-0.39, 0.29) is 0 Å². The van der Waals surface area contributed by atoms with Gasteiger partial charge in [0.1, 0.15) is 0 Å². The van der Waals surface area contributed by atoms with Gasteiger partial charge in [-0.3, -0.25) is 9.88 Å². The van der Waals surface area contributed by atoms with Gasteiger partial charge in [0, 0.05) is 49.8 Å². The third-order valence-electron chi connectivity index (χ3n) is 7.50. The van der Waals surface area contributed by atoms with Gasteiger partial charge < -0.3 is 15.2 Å². The van der Waals surface area contributed by atoms with Crippen LogP contribution in [0.5, 0.6) is 0 Å². The number of imidazole rings is 1. The molecule has 2 N–H and O–H groups in total. The summed E-state index contributed by atoms with van der Waals surface area (Å²) in [6.07, 6.45) is 13.9. The molecule has 8 nitrogen and oxygen atoms in total. The van der Waals surface area contributed by atoms with Crippen LogP contribution in [0.15, 0.2) is 61.2 Å². The number of fused-ring (bicyclic) bond motifs is 1. The normalized spacial score (nSPS) is 17.9. The summed E-state index contributed by atoms with van der Waals surface area (Å²) in [6.45, 7) is 3.15. The predicted octanol–water partition coefficient (Wildman–Crippen LogP) is 5.55. The van der Waals surface area contributed by atoms with Crippen LogP contribution in [0.4, 0.5) is 17.5 Å². The van der Waals surface area contributed by atoms with Gasteiger partial charge in [-0.1, -0.05) is 49.6 Å². The minimum absolute atomic E-state index is 0.365. The maximum absolute atomic E-state index is 4.93. The molecule has 6 rings (SSSR count). The number of nitrogens with one attached hydrogen (secondary N) is 2. The lowest BCUT2D eigenvalue weighted by Crippen LogP contribution is -2.38. The first-order valence-corrected chi connectivity index (χ1v) is 13.3. The van der Waals surface area contributed by atoms with Crippen LogP contribution in [-0.2, 0) is 6.54 Å². The van der Waals surface area contributed by atoms with Crippen molar-refractivity contribution < 1.29 is 0 Å². The molecule has 3 aromatic heterocycles. The summed E-state index contributed by atoms with van der Waals surface area (Å²) in [5.74, 6) is 1.42. The number of pyridine rings is 1. The molecule has 0 unspecified atom stereocenters. The molecular weight excluding hydrogens is 448 g/mol. The van der Waals surface area contributed by atoms with Crippen LogP contribution in [-0.4, -0.2) is 48.5 Å². The second-order valence-electron chi connectivity index (χ2n) is 10.1. The van der Waals surface area contributed by atoms with Crippen molar-refractivity contribution >= 4 is 28.6 Å². The Balaban J connectivity index is 1.22. The quantitative estimate of drug-likeness (QED) is 0.357. The summed E-state index contributed by atoms with van der Waals surface area (Å²) in [4.78, 5) is 21.3. The van der Waals surface area contributed by atoms with Crippen molar-refractivity contribution in [2.75, 3.05) is 23.7 Å². The van der Waals surface area contributed by atoms with Gasteiger partial charge in [0.15, 0.2) is 17.0 Å². The van der Waals surface area contributed by atoms with Gasteiger partial charge >= 0.3 is 0 Å². The zero-order valence-electron chi connectivity index (χ0n) is 20.7. The summed E-state index contributed by atoms with van der Waals surface area (Å²) in [6, 6.07) is 15.4. The molecule has 0 radical (unpaired) electrons. The molecule has 0 bridgehead atoms. The highest BCUT2D eigenvalue weighted by Gasteiger charge is 2.24. The van der Waals surface area contributed by atoms with Crippen LogP contribution in [0.2, 0.25) is 0 Å². The molecule has 2 fully saturated rings. The largest absolute Gasteiger partial charge is 0.365 e. The van der Waals surface area contributed by atoms with E-state index in [4.69, 9.17) is 15.0 Å². The first-order chi connectivity index (χ1) is 17.8. The number of likely N-dealkylation sites (tertiary alicyclic amines) is 1. The zero-order chi connectivity index (χ0) is 24.2. The standard InChI is InChI=1S/C28H34N8/c1-3-7-21(8-4-1)19-35-17-13-23(14-18-35)31-26-25-27(36(20-30-25)24-9-5-2-6-10-24)34-28(33-26)32-22-11-15-29-16-12-22/h1,3-4,7-8,11-12,15-16,20,23-24H,2,5-6,9-10,13-14,17-19H2,(H2,29,31,32,33,34). The number of anilines is 3. The number of aromatic nitrogens is 5. The lowest BCUT2D eigenvalue weighted by atomic mass is 9.95. The minimum atomic E-state index is 0.365. The molecule has 0 atom stereocenters. The van der Waals surface area contributed by atoms with Crippen molar-refractivity contribution in [3.63, 3.8) is 0 Å². The van der Waals surface area contributed by atoms with E-state index >= 15 is 0 Å². The number of nitrogens with zero attached hydrogens (tertiary/aromatic N) is 6. The molecule has 1 aromatic carbocycles. The number of hydrogen-bond donors (Lipinski definition) is 2. The Kier molecular flexibility index (Phi) is 6.76. The fourth-order valence-electron chi connectivity index (χ4n) is 5.53. The van der Waals surface area contributed by atoms with Gasteiger partial charge in [-0.05, 0) is 43.4 Å². The highest BCUT2D eigenvalue weighted by Crippen LogP contribution is 2.33. The summed E-state index contributed by atoms with van der Waals surface area (Å²) in [5.41, 5.74) is 4.08. The fraction of sp³-hybridized carbons (Fsp3) is 0.429. The Morgan fingerprint density at radius 3 is 2.42 bits per heavy atom. The number of piperidine rings is 1. The molecule has 8 heteroatoms. The van der Waals surface area contributed by atoms with Crippen molar-refractivity contribution in [2.24, 2.45) is 0 Å². The monoisotopic (exact) mass is 482 g/mol. The Morgan fingerprint density at radius 2 is 1.64 bits per heavy atom. The first kappa shape index (κ1) is 22.9. The third-order valence-corrected chi connectivity index (χ3v) is 7.50. The Labute approximate surface area is 212 Å². The Hall–Kier alpha value is -3.52. The lowest BCUT2D eigenvalue weighted by Gasteiger charge is -2.32. The average Bonchev–Trinajstić information content (AvgIpc) is 3.36. The Morgan fingerprint density at radius 1 is 0.861 bits per heavy atom. The van der Waals surface area contributed by atoms with Gasteiger partial charge in [0.05, 0.1) is 6.33 Å². The van der Waals surface area contributed by atoms with E-state index in [0.717, 1.165) is 55.1 Å². The lowest BCUT2D eigenvalue weighted by molar-refractivity contribution is 0.211. The van der Waals surface area contributed by atoms with Gasteiger partial charge in [-0.2, -0.15) is 9.97 Å². The third kappa shape index (κ3) is 5.18. The first-order valence-electron chi connectivity index (χ1n) is 13.3. The van der Waals surface area contributed by atoms with E-state index < -0.39 is 0 Å². The van der Waals surface area contributed by atoms with E-state index in [1.165, 1.54) is 37.7 Å². The molecule has 1 aliphatic carbocycles. The average molecular weight is 483 g/mol. The molecule has 186 valence electrons. The molecule has 0 amide bonds. The smallest absolute Gasteiger partial charge is 0.231 e. The van der Waals surface area contributed by atoms with E-state index in [1.807, 2.05) is 18.5 Å². The molecule has 36 heavy (non-hydrogen) atoms. The molecular formula is C28H34N8. The van der Waals surface area contributed by atoms with Crippen LogP contribution in [0, 0.1) is 0 Å². The minimum Gasteiger partial charge on any atom is -0.365 e. The van der Waals surface area contributed by atoms with Gasteiger partial charge in [-0.15, -0.1) is 0 Å². The SMILES string of the molecule is c1ccc(CN2CCC(Nc3nc(Nc4ccncc4)nc4c3ncn4C3CCCCC3)CC2)cc1. The molecule has 1 aliphatic heterocycles. The molecule has 1 saturated heterocycles. The molecule has 2 aliphatic rings. The van der Waals surface area contributed by atoms with E-state index in [1.54, 1.807) is 12.4 Å². The van der Waals surface area contributed by atoms with E-state index in [9.17, 15) is 0 Å². The second kappa shape index (κ2) is 10.6. The number of benzene rings is 1. The maximum Gasteiger partial charge on any atom is 0.231 e. The molecule has 0 spiro atoms. The predicted molar refractivity (Wildman–Crippen MR) is 143 cm³/mol. The van der Waals surface area contributed by atoms with Crippen molar-refractivity contribution in [1.82, 2.24) is 29.4 Å². The number of hydrogen-bond acceptors (Lipinski definition) is 7.